The van der Waals surface area contributed by atoms with Crippen molar-refractivity contribution in [3.63, 3.8) is 0 Å². The first-order valence-electron chi connectivity index (χ1n) is 11.3. The number of nitrogens with one attached hydrogen (secondary N) is 2. The third kappa shape index (κ3) is 5.07. The molecule has 0 radical (unpaired) electrons. The Balaban J connectivity index is 1.37. The van der Waals surface area contributed by atoms with Crippen LogP contribution in [0.5, 0.6) is 0 Å². The summed E-state index contributed by atoms with van der Waals surface area (Å²) in [6, 6.07) is 20.9. The van der Waals surface area contributed by atoms with Crippen LogP contribution in [0.15, 0.2) is 60.7 Å². The molecular weight excluding hydrogens is 432 g/mol. The van der Waals surface area contributed by atoms with Crippen LogP contribution in [-0.2, 0) is 17.8 Å². The van der Waals surface area contributed by atoms with Gasteiger partial charge in [-0.05, 0) is 35.8 Å². The van der Waals surface area contributed by atoms with Crippen molar-refractivity contribution in [2.24, 2.45) is 0 Å². The molecule has 1 unspecified atom stereocenters. The molecule has 33 heavy (non-hydrogen) atoms. The monoisotopic (exact) mass is 460 g/mol. The van der Waals surface area contributed by atoms with Gasteiger partial charge in [-0.2, -0.15) is 9.97 Å². The molecule has 2 aromatic carbocycles. The number of hydrogen-bond acceptors (Lipinski definition) is 6. The van der Waals surface area contributed by atoms with E-state index < -0.39 is 0 Å². The molecule has 7 nitrogen and oxygen atoms in total. The number of hydrogen-bond donors (Lipinski definition) is 2. The van der Waals surface area contributed by atoms with Crippen molar-refractivity contribution < 1.29 is 4.74 Å². The zero-order valence-electron chi connectivity index (χ0n) is 18.7. The Morgan fingerprint density at radius 1 is 0.909 bits per heavy atom. The van der Waals surface area contributed by atoms with Gasteiger partial charge in [-0.25, -0.2) is 0 Å². The van der Waals surface area contributed by atoms with Crippen LogP contribution < -0.4 is 20.4 Å². The van der Waals surface area contributed by atoms with E-state index >= 15 is 0 Å². The number of benzene rings is 2. The molecule has 0 aliphatic carbocycles. The maximum absolute atomic E-state index is 5.60. The number of fused-ring (bicyclic) bond motifs is 1. The zero-order chi connectivity index (χ0) is 22.6. The van der Waals surface area contributed by atoms with Crippen molar-refractivity contribution in [2.75, 3.05) is 41.4 Å². The van der Waals surface area contributed by atoms with Crippen molar-refractivity contribution in [2.45, 2.75) is 26.1 Å². The van der Waals surface area contributed by atoms with Crippen LogP contribution in [-0.4, -0.2) is 41.4 Å². The summed E-state index contributed by atoms with van der Waals surface area (Å²) in [5.41, 5.74) is 3.85. The van der Waals surface area contributed by atoms with Gasteiger partial charge in [0.05, 0.1) is 19.3 Å². The fourth-order valence-electron chi connectivity index (χ4n) is 4.25. The molecule has 2 aliphatic rings. The van der Waals surface area contributed by atoms with Gasteiger partial charge in [-0.3, -0.25) is 0 Å². The summed E-state index contributed by atoms with van der Waals surface area (Å²) >= 11 is 5.60. The minimum absolute atomic E-state index is 0.0705. The summed E-state index contributed by atoms with van der Waals surface area (Å²) in [6.45, 7) is 6.78. The first kappa shape index (κ1) is 21.6. The Morgan fingerprint density at radius 2 is 1.52 bits per heavy atom. The van der Waals surface area contributed by atoms with Crippen LogP contribution >= 0.6 is 12.2 Å². The van der Waals surface area contributed by atoms with Crippen molar-refractivity contribution in [3.8, 4) is 0 Å². The fraction of sp³-hybridized carbons (Fsp3) is 0.320. The normalized spacial score (nSPS) is 16.3. The molecule has 1 saturated heterocycles. The van der Waals surface area contributed by atoms with Crippen LogP contribution in [0, 0.1) is 0 Å². The summed E-state index contributed by atoms with van der Waals surface area (Å²) in [7, 11) is 0. The lowest BCUT2D eigenvalue weighted by atomic mass is 10.1. The van der Waals surface area contributed by atoms with Crippen molar-refractivity contribution >= 4 is 34.9 Å². The zero-order valence-corrected chi connectivity index (χ0v) is 19.5. The smallest absolute Gasteiger partial charge is 0.232 e. The molecule has 0 amide bonds. The molecule has 1 fully saturated rings. The van der Waals surface area contributed by atoms with Crippen molar-refractivity contribution in [1.29, 1.82) is 0 Å². The lowest BCUT2D eigenvalue weighted by molar-refractivity contribution is 0.122. The SMILES string of the molecule is CC(NC(=S)Nc1nc(N2CCOCC2)cc(N2Cc3ccccc3C2)n1)c1ccccc1. The minimum atomic E-state index is 0.0705. The van der Waals surface area contributed by atoms with E-state index in [0.29, 0.717) is 24.3 Å². The van der Waals surface area contributed by atoms with Gasteiger partial charge < -0.3 is 25.2 Å². The minimum Gasteiger partial charge on any atom is -0.378 e. The predicted octanol–water partition coefficient (Wildman–Crippen LogP) is 3.88. The summed E-state index contributed by atoms with van der Waals surface area (Å²) in [6.07, 6.45) is 0. The molecule has 0 spiro atoms. The average Bonchev–Trinajstić information content (AvgIpc) is 3.29. The van der Waals surface area contributed by atoms with Gasteiger partial charge in [0, 0.05) is 32.2 Å². The molecule has 3 heterocycles. The Morgan fingerprint density at radius 3 is 2.18 bits per heavy atom. The number of morpholine rings is 1. The molecule has 1 atom stereocenters. The lowest BCUT2D eigenvalue weighted by Crippen LogP contribution is -2.37. The van der Waals surface area contributed by atoms with E-state index in [1.807, 2.05) is 18.2 Å². The molecule has 2 N–H and O–H groups in total. The highest BCUT2D eigenvalue weighted by molar-refractivity contribution is 7.80. The highest BCUT2D eigenvalue weighted by atomic mass is 32.1. The highest BCUT2D eigenvalue weighted by Crippen LogP contribution is 2.30. The molecule has 0 saturated carbocycles. The average molecular weight is 461 g/mol. The second kappa shape index (κ2) is 9.72. The molecule has 3 aromatic rings. The molecule has 8 heteroatoms. The first-order chi connectivity index (χ1) is 16.2. The largest absolute Gasteiger partial charge is 0.378 e. The standard InChI is InChI=1S/C25H28N6OS/c1-18(19-7-3-2-4-8-19)26-25(33)29-24-27-22(30-11-13-32-14-12-30)15-23(28-24)31-16-20-9-5-6-10-21(20)17-31/h2-10,15,18H,11-14,16-17H2,1H3,(H2,26,27,28,29,33). The molecule has 2 aliphatic heterocycles. The van der Waals surface area contributed by atoms with Crippen LogP contribution in [0.3, 0.4) is 0 Å². The Bertz CT molecular complexity index is 1090. The molecular formula is C25H28N6OS. The third-order valence-electron chi connectivity index (χ3n) is 6.07. The summed E-state index contributed by atoms with van der Waals surface area (Å²) in [5.74, 6) is 2.28. The van der Waals surface area contributed by atoms with E-state index in [-0.39, 0.29) is 6.04 Å². The summed E-state index contributed by atoms with van der Waals surface area (Å²) < 4.78 is 5.53. The lowest BCUT2D eigenvalue weighted by Gasteiger charge is -2.29. The van der Waals surface area contributed by atoms with Gasteiger partial charge in [0.2, 0.25) is 5.95 Å². The van der Waals surface area contributed by atoms with Crippen LogP contribution in [0.25, 0.3) is 0 Å². The van der Waals surface area contributed by atoms with Gasteiger partial charge in [-0.15, -0.1) is 0 Å². The van der Waals surface area contributed by atoms with E-state index in [2.05, 4.69) is 69.8 Å². The highest BCUT2D eigenvalue weighted by Gasteiger charge is 2.23. The molecule has 0 bridgehead atoms. The Hall–Kier alpha value is -3.23. The van der Waals surface area contributed by atoms with Gasteiger partial charge in [0.15, 0.2) is 5.11 Å². The predicted molar refractivity (Wildman–Crippen MR) is 136 cm³/mol. The van der Waals surface area contributed by atoms with Crippen LogP contribution in [0.2, 0.25) is 0 Å². The van der Waals surface area contributed by atoms with Crippen molar-refractivity contribution in [1.82, 2.24) is 15.3 Å². The Kier molecular flexibility index (Phi) is 6.37. The van der Waals surface area contributed by atoms with Crippen LogP contribution in [0.4, 0.5) is 17.6 Å². The second-order valence-corrected chi connectivity index (χ2v) is 8.77. The van der Waals surface area contributed by atoms with Crippen LogP contribution in [0.1, 0.15) is 29.7 Å². The fourth-order valence-corrected chi connectivity index (χ4v) is 4.52. The quantitative estimate of drug-likeness (QED) is 0.556. The summed E-state index contributed by atoms with van der Waals surface area (Å²) in [4.78, 5) is 14.1. The van der Waals surface area contributed by atoms with E-state index in [1.54, 1.807) is 0 Å². The molecule has 5 rings (SSSR count). The number of aromatic nitrogens is 2. The maximum atomic E-state index is 5.60. The van der Waals surface area contributed by atoms with Gasteiger partial charge >= 0.3 is 0 Å². The van der Waals surface area contributed by atoms with E-state index in [9.17, 15) is 0 Å². The van der Waals surface area contributed by atoms with Gasteiger partial charge in [0.1, 0.15) is 11.6 Å². The first-order valence-corrected chi connectivity index (χ1v) is 11.7. The maximum Gasteiger partial charge on any atom is 0.232 e. The Labute approximate surface area is 199 Å². The molecule has 170 valence electrons. The number of anilines is 3. The van der Waals surface area contributed by atoms with Crippen molar-refractivity contribution in [3.05, 3.63) is 77.4 Å². The number of thiocarbonyl (C=S) groups is 1. The van der Waals surface area contributed by atoms with Gasteiger partial charge in [0.25, 0.3) is 0 Å². The van der Waals surface area contributed by atoms with E-state index in [4.69, 9.17) is 26.9 Å². The molecule has 1 aromatic heterocycles. The number of rotatable bonds is 5. The second-order valence-electron chi connectivity index (χ2n) is 8.36. The summed E-state index contributed by atoms with van der Waals surface area (Å²) in [5, 5.41) is 7.06. The number of ether oxygens (including phenoxy) is 1. The topological polar surface area (TPSA) is 65.6 Å². The number of nitrogens with zero attached hydrogens (tertiary/aromatic N) is 4. The van der Waals surface area contributed by atoms with E-state index in [1.165, 1.54) is 16.7 Å². The van der Waals surface area contributed by atoms with E-state index in [0.717, 1.165) is 37.8 Å². The third-order valence-corrected chi connectivity index (χ3v) is 6.29. The van der Waals surface area contributed by atoms with Gasteiger partial charge in [-0.1, -0.05) is 54.6 Å².